The maximum Gasteiger partial charge on any atom is -0.0162 e. The summed E-state index contributed by atoms with van der Waals surface area (Å²) < 4.78 is 0. The minimum Gasteiger partial charge on any atom is -0.0805 e. The molecular formula is C29H38. The first kappa shape index (κ1) is 20.5. The Balaban J connectivity index is 1.37. The first-order valence-electron chi connectivity index (χ1n) is 12.1. The van der Waals surface area contributed by atoms with Gasteiger partial charge in [0.1, 0.15) is 0 Å². The lowest BCUT2D eigenvalue weighted by Crippen LogP contribution is -2.13. The van der Waals surface area contributed by atoms with Gasteiger partial charge in [-0.3, -0.25) is 0 Å². The Morgan fingerprint density at radius 3 is 1.97 bits per heavy atom. The third-order valence-corrected chi connectivity index (χ3v) is 7.46. The van der Waals surface area contributed by atoms with Crippen LogP contribution in [-0.4, -0.2) is 0 Å². The van der Waals surface area contributed by atoms with Crippen molar-refractivity contribution in [3.05, 3.63) is 65.7 Å². The van der Waals surface area contributed by atoms with Crippen molar-refractivity contribution in [2.75, 3.05) is 0 Å². The number of unbranched alkanes of at least 4 members (excludes halogenated alkanes) is 1. The van der Waals surface area contributed by atoms with Crippen LogP contribution in [0.5, 0.6) is 0 Å². The highest BCUT2D eigenvalue weighted by Gasteiger charge is 2.22. The van der Waals surface area contributed by atoms with Crippen molar-refractivity contribution in [2.45, 2.75) is 84.0 Å². The molecule has 1 atom stereocenters. The molecule has 0 spiro atoms. The SMILES string of the molecule is CCCC[C@H]1CC[C@H](c2ccc(-c3ccc(C4=CCC(C)CC4)cc3)cc2)CC1. The van der Waals surface area contributed by atoms with E-state index in [1.165, 1.54) is 80.9 Å². The van der Waals surface area contributed by atoms with Gasteiger partial charge in [0.25, 0.3) is 0 Å². The summed E-state index contributed by atoms with van der Waals surface area (Å²) in [5.74, 6) is 2.62. The first-order chi connectivity index (χ1) is 14.2. The zero-order valence-electron chi connectivity index (χ0n) is 18.5. The largest absolute Gasteiger partial charge is 0.0805 e. The van der Waals surface area contributed by atoms with E-state index in [0.717, 1.165) is 17.8 Å². The molecule has 0 aromatic heterocycles. The second-order valence-corrected chi connectivity index (χ2v) is 9.67. The summed E-state index contributed by atoms with van der Waals surface area (Å²) >= 11 is 0. The second-order valence-electron chi connectivity index (χ2n) is 9.67. The highest BCUT2D eigenvalue weighted by atomic mass is 14.3. The van der Waals surface area contributed by atoms with Crippen LogP contribution in [0.4, 0.5) is 0 Å². The van der Waals surface area contributed by atoms with Crippen LogP contribution in [0.25, 0.3) is 16.7 Å². The molecule has 2 aliphatic carbocycles. The van der Waals surface area contributed by atoms with Crippen LogP contribution in [0.15, 0.2) is 54.6 Å². The van der Waals surface area contributed by atoms with E-state index in [9.17, 15) is 0 Å². The highest BCUT2D eigenvalue weighted by molar-refractivity contribution is 5.71. The molecule has 1 fully saturated rings. The molecule has 0 amide bonds. The van der Waals surface area contributed by atoms with E-state index in [0.29, 0.717) is 0 Å². The zero-order chi connectivity index (χ0) is 20.1. The fourth-order valence-electron chi connectivity index (χ4n) is 5.33. The second kappa shape index (κ2) is 9.79. The van der Waals surface area contributed by atoms with Gasteiger partial charge in [-0.1, -0.05) is 87.7 Å². The Bertz CT molecular complexity index is 785. The van der Waals surface area contributed by atoms with Crippen molar-refractivity contribution in [1.29, 1.82) is 0 Å². The van der Waals surface area contributed by atoms with Crippen LogP contribution in [0, 0.1) is 11.8 Å². The Labute approximate surface area is 178 Å². The van der Waals surface area contributed by atoms with Gasteiger partial charge in [-0.2, -0.15) is 0 Å². The number of allylic oxidation sites excluding steroid dienone is 2. The molecule has 2 aliphatic rings. The lowest BCUT2D eigenvalue weighted by atomic mass is 9.77. The summed E-state index contributed by atoms with van der Waals surface area (Å²) in [6, 6.07) is 18.7. The fraction of sp³-hybridized carbons (Fsp3) is 0.517. The highest BCUT2D eigenvalue weighted by Crippen LogP contribution is 2.38. The normalized spacial score (nSPS) is 24.9. The third-order valence-electron chi connectivity index (χ3n) is 7.46. The Hall–Kier alpha value is -1.82. The maximum absolute atomic E-state index is 2.45. The number of benzene rings is 2. The van der Waals surface area contributed by atoms with Gasteiger partial charge in [0.05, 0.1) is 0 Å². The van der Waals surface area contributed by atoms with Gasteiger partial charge in [-0.05, 0) is 90.5 Å². The predicted molar refractivity (Wildman–Crippen MR) is 127 cm³/mol. The van der Waals surface area contributed by atoms with Crippen LogP contribution in [0.2, 0.25) is 0 Å². The van der Waals surface area contributed by atoms with Crippen LogP contribution in [0.1, 0.15) is 95.1 Å². The van der Waals surface area contributed by atoms with Gasteiger partial charge in [-0.15, -0.1) is 0 Å². The molecule has 0 nitrogen and oxygen atoms in total. The molecule has 0 bridgehead atoms. The smallest absolute Gasteiger partial charge is 0.0162 e. The van der Waals surface area contributed by atoms with Crippen LogP contribution in [0.3, 0.4) is 0 Å². The van der Waals surface area contributed by atoms with E-state index in [1.807, 2.05) is 0 Å². The molecule has 4 rings (SSSR count). The molecule has 1 unspecified atom stereocenters. The Morgan fingerprint density at radius 2 is 1.38 bits per heavy atom. The van der Waals surface area contributed by atoms with Crippen molar-refractivity contribution < 1.29 is 0 Å². The molecule has 1 saturated carbocycles. The van der Waals surface area contributed by atoms with E-state index in [2.05, 4.69) is 68.5 Å². The molecule has 0 heteroatoms. The molecule has 0 saturated heterocycles. The average Bonchev–Trinajstić information content (AvgIpc) is 2.79. The van der Waals surface area contributed by atoms with E-state index in [1.54, 1.807) is 11.1 Å². The summed E-state index contributed by atoms with van der Waals surface area (Å²) in [6.45, 7) is 4.67. The van der Waals surface area contributed by atoms with Crippen molar-refractivity contribution in [3.8, 4) is 11.1 Å². The van der Waals surface area contributed by atoms with Crippen molar-refractivity contribution in [2.24, 2.45) is 11.8 Å². The summed E-state index contributed by atoms with van der Waals surface area (Å²) in [5, 5.41) is 0. The number of hydrogen-bond acceptors (Lipinski definition) is 0. The van der Waals surface area contributed by atoms with E-state index >= 15 is 0 Å². The van der Waals surface area contributed by atoms with Gasteiger partial charge in [-0.25, -0.2) is 0 Å². The lowest BCUT2D eigenvalue weighted by molar-refractivity contribution is 0.304. The quantitative estimate of drug-likeness (QED) is 0.464. The molecule has 0 heterocycles. The van der Waals surface area contributed by atoms with Crippen molar-refractivity contribution >= 4 is 5.57 Å². The van der Waals surface area contributed by atoms with Crippen LogP contribution < -0.4 is 0 Å². The van der Waals surface area contributed by atoms with E-state index in [-0.39, 0.29) is 0 Å². The molecule has 2 aromatic rings. The monoisotopic (exact) mass is 386 g/mol. The van der Waals surface area contributed by atoms with Crippen LogP contribution in [-0.2, 0) is 0 Å². The molecule has 0 aliphatic heterocycles. The standard InChI is InChI=1S/C29H38/c1-3-4-5-23-8-12-25(13-9-23)27-16-20-29(21-17-27)28-18-14-26(15-19-28)24-10-6-22(2)7-11-24/h10,14-23,25H,3-9,11-13H2,1-2H3/t22?,23-,25-. The summed E-state index contributed by atoms with van der Waals surface area (Å²) in [7, 11) is 0. The van der Waals surface area contributed by atoms with Gasteiger partial charge >= 0.3 is 0 Å². The maximum atomic E-state index is 2.45. The van der Waals surface area contributed by atoms with Crippen LogP contribution >= 0.6 is 0 Å². The van der Waals surface area contributed by atoms with Gasteiger partial charge < -0.3 is 0 Å². The number of hydrogen-bond donors (Lipinski definition) is 0. The van der Waals surface area contributed by atoms with Crippen molar-refractivity contribution in [3.63, 3.8) is 0 Å². The minimum absolute atomic E-state index is 0.782. The van der Waals surface area contributed by atoms with Gasteiger partial charge in [0.15, 0.2) is 0 Å². The lowest BCUT2D eigenvalue weighted by Gasteiger charge is -2.29. The van der Waals surface area contributed by atoms with Crippen molar-refractivity contribution in [1.82, 2.24) is 0 Å². The summed E-state index contributed by atoms with van der Waals surface area (Å²) in [4.78, 5) is 0. The minimum atomic E-state index is 0.782. The average molecular weight is 387 g/mol. The summed E-state index contributed by atoms with van der Waals surface area (Å²) in [5.41, 5.74) is 7.20. The molecule has 29 heavy (non-hydrogen) atoms. The molecule has 2 aromatic carbocycles. The van der Waals surface area contributed by atoms with Gasteiger partial charge in [0, 0.05) is 0 Å². The third kappa shape index (κ3) is 5.21. The Kier molecular flexibility index (Phi) is 6.90. The van der Waals surface area contributed by atoms with E-state index in [4.69, 9.17) is 0 Å². The molecule has 0 N–H and O–H groups in total. The topological polar surface area (TPSA) is 0 Å². The molecule has 0 radical (unpaired) electrons. The molecular weight excluding hydrogens is 348 g/mol. The predicted octanol–water partition coefficient (Wildman–Crippen LogP) is 9.02. The van der Waals surface area contributed by atoms with E-state index < -0.39 is 0 Å². The first-order valence-corrected chi connectivity index (χ1v) is 12.1. The number of rotatable bonds is 6. The fourth-order valence-corrected chi connectivity index (χ4v) is 5.33. The zero-order valence-corrected chi connectivity index (χ0v) is 18.5. The summed E-state index contributed by atoms with van der Waals surface area (Å²) in [6.07, 6.45) is 16.1. The molecule has 154 valence electrons. The van der Waals surface area contributed by atoms with Gasteiger partial charge in [0.2, 0.25) is 0 Å². The Morgan fingerprint density at radius 1 is 0.759 bits per heavy atom.